The van der Waals surface area contributed by atoms with E-state index in [2.05, 4.69) is 15.0 Å². The minimum atomic E-state index is -0.166. The Labute approximate surface area is 172 Å². The highest BCUT2D eigenvalue weighted by molar-refractivity contribution is 5.72. The Morgan fingerprint density at radius 3 is 1.80 bits per heavy atom. The number of hydrogen-bond donors (Lipinski definition) is 3. The van der Waals surface area contributed by atoms with Crippen molar-refractivity contribution < 1.29 is 20.1 Å². The van der Waals surface area contributed by atoms with Crippen LogP contribution >= 0.6 is 0 Å². The summed E-state index contributed by atoms with van der Waals surface area (Å²) in [6.07, 6.45) is 0. The Kier molecular flexibility index (Phi) is 4.93. The van der Waals surface area contributed by atoms with Gasteiger partial charge in [-0.15, -0.1) is 0 Å². The van der Waals surface area contributed by atoms with E-state index in [9.17, 15) is 15.3 Å². The molecule has 0 bridgehead atoms. The fourth-order valence-electron chi connectivity index (χ4n) is 3.03. The molecule has 7 heteroatoms. The van der Waals surface area contributed by atoms with Crippen molar-refractivity contribution in [3.05, 3.63) is 66.2 Å². The van der Waals surface area contributed by atoms with E-state index in [1.807, 2.05) is 25.1 Å². The van der Waals surface area contributed by atoms with Gasteiger partial charge >= 0.3 is 0 Å². The average Bonchev–Trinajstić information content (AvgIpc) is 2.73. The molecule has 0 aliphatic heterocycles. The molecule has 30 heavy (non-hydrogen) atoms. The van der Waals surface area contributed by atoms with Gasteiger partial charge in [0, 0.05) is 11.6 Å². The Bertz CT molecular complexity index is 1150. The highest BCUT2D eigenvalue weighted by Crippen LogP contribution is 2.34. The summed E-state index contributed by atoms with van der Waals surface area (Å²) in [7, 11) is 1.59. The van der Waals surface area contributed by atoms with E-state index in [4.69, 9.17) is 4.74 Å². The summed E-state index contributed by atoms with van der Waals surface area (Å²) in [6.45, 7) is 1.87. The van der Waals surface area contributed by atoms with Crippen LogP contribution in [0.4, 0.5) is 0 Å². The molecule has 3 aromatic carbocycles. The zero-order chi connectivity index (χ0) is 21.3. The van der Waals surface area contributed by atoms with Gasteiger partial charge in [0.15, 0.2) is 17.5 Å². The molecule has 4 rings (SSSR count). The number of hydrogen-bond acceptors (Lipinski definition) is 7. The second-order valence-corrected chi connectivity index (χ2v) is 6.76. The number of phenolic OH excluding ortho intramolecular Hbond substituents is 3. The standard InChI is InChI=1S/C23H19N3O4/c1-13-3-9-17(19(28)11-13)22-24-21(14-4-7-16(30-2)8-5-14)25-23(26-22)18-10-6-15(27)12-20(18)29/h3-12,27-29H,1-2H3. The van der Waals surface area contributed by atoms with Crippen molar-refractivity contribution in [2.75, 3.05) is 7.11 Å². The summed E-state index contributed by atoms with van der Waals surface area (Å²) < 4.78 is 5.20. The van der Waals surface area contributed by atoms with Crippen molar-refractivity contribution >= 4 is 0 Å². The maximum atomic E-state index is 10.4. The van der Waals surface area contributed by atoms with Crippen molar-refractivity contribution in [1.29, 1.82) is 0 Å². The number of ether oxygens (including phenoxy) is 1. The van der Waals surface area contributed by atoms with Crippen molar-refractivity contribution in [2.45, 2.75) is 6.92 Å². The van der Waals surface area contributed by atoms with Crippen LogP contribution in [-0.2, 0) is 0 Å². The summed E-state index contributed by atoms with van der Waals surface area (Å²) in [5, 5.41) is 30.3. The molecule has 0 aliphatic rings. The third-order valence-electron chi connectivity index (χ3n) is 4.60. The molecule has 1 aromatic heterocycles. The fourth-order valence-corrected chi connectivity index (χ4v) is 3.03. The topological polar surface area (TPSA) is 109 Å². The van der Waals surface area contributed by atoms with E-state index in [-0.39, 0.29) is 28.9 Å². The van der Waals surface area contributed by atoms with E-state index in [0.29, 0.717) is 28.3 Å². The average molecular weight is 401 g/mol. The van der Waals surface area contributed by atoms with Gasteiger partial charge in [0.2, 0.25) is 0 Å². The second-order valence-electron chi connectivity index (χ2n) is 6.76. The summed E-state index contributed by atoms with van der Waals surface area (Å²) >= 11 is 0. The molecule has 0 atom stereocenters. The number of nitrogens with zero attached hydrogens (tertiary/aromatic N) is 3. The molecule has 0 saturated heterocycles. The predicted molar refractivity (Wildman–Crippen MR) is 112 cm³/mol. The van der Waals surface area contributed by atoms with Gasteiger partial charge in [0.05, 0.1) is 18.2 Å². The van der Waals surface area contributed by atoms with Gasteiger partial charge in [-0.1, -0.05) is 6.07 Å². The van der Waals surface area contributed by atoms with Crippen LogP contribution in [0.15, 0.2) is 60.7 Å². The largest absolute Gasteiger partial charge is 0.508 e. The van der Waals surface area contributed by atoms with Gasteiger partial charge < -0.3 is 20.1 Å². The van der Waals surface area contributed by atoms with Crippen LogP contribution in [-0.4, -0.2) is 37.4 Å². The lowest BCUT2D eigenvalue weighted by Crippen LogP contribution is -2.00. The number of methoxy groups -OCH3 is 1. The Morgan fingerprint density at radius 1 is 0.667 bits per heavy atom. The molecule has 0 aliphatic carbocycles. The third kappa shape index (κ3) is 3.73. The predicted octanol–water partition coefficient (Wildman–Crippen LogP) is 4.31. The van der Waals surface area contributed by atoms with Gasteiger partial charge in [-0.25, -0.2) is 15.0 Å². The third-order valence-corrected chi connectivity index (χ3v) is 4.60. The monoisotopic (exact) mass is 401 g/mol. The van der Waals surface area contributed by atoms with E-state index in [1.165, 1.54) is 18.2 Å². The lowest BCUT2D eigenvalue weighted by Gasteiger charge is -2.11. The van der Waals surface area contributed by atoms with Crippen molar-refractivity contribution in [2.24, 2.45) is 0 Å². The van der Waals surface area contributed by atoms with Crippen molar-refractivity contribution in [1.82, 2.24) is 15.0 Å². The van der Waals surface area contributed by atoms with Crippen LogP contribution in [0.5, 0.6) is 23.0 Å². The first-order valence-electron chi connectivity index (χ1n) is 9.17. The lowest BCUT2D eigenvalue weighted by molar-refractivity contribution is 0.415. The fraction of sp³-hybridized carbons (Fsp3) is 0.0870. The van der Waals surface area contributed by atoms with E-state index in [0.717, 1.165) is 5.56 Å². The Morgan fingerprint density at radius 2 is 1.23 bits per heavy atom. The van der Waals surface area contributed by atoms with Gasteiger partial charge in [-0.05, 0) is 61.0 Å². The first kappa shape index (κ1) is 19.2. The maximum absolute atomic E-state index is 10.4. The second kappa shape index (κ2) is 7.71. The Hall–Kier alpha value is -4.13. The lowest BCUT2D eigenvalue weighted by atomic mass is 10.1. The molecule has 150 valence electrons. The summed E-state index contributed by atoms with van der Waals surface area (Å²) in [5.74, 6) is 1.34. The van der Waals surface area contributed by atoms with Crippen LogP contribution in [0, 0.1) is 6.92 Å². The van der Waals surface area contributed by atoms with Gasteiger partial charge in [0.25, 0.3) is 0 Å². The molecular weight excluding hydrogens is 382 g/mol. The summed E-state index contributed by atoms with van der Waals surface area (Å²) in [5.41, 5.74) is 2.39. The minimum absolute atomic E-state index is 0.0442. The first-order valence-corrected chi connectivity index (χ1v) is 9.17. The van der Waals surface area contributed by atoms with Gasteiger partial charge in [-0.3, -0.25) is 0 Å². The highest BCUT2D eigenvalue weighted by Gasteiger charge is 2.17. The number of aromatic hydroxyl groups is 3. The molecule has 0 saturated carbocycles. The molecular formula is C23H19N3O4. The molecule has 0 unspecified atom stereocenters. The van der Waals surface area contributed by atoms with E-state index < -0.39 is 0 Å². The number of aromatic nitrogens is 3. The molecule has 0 fully saturated rings. The van der Waals surface area contributed by atoms with Gasteiger partial charge in [0.1, 0.15) is 23.0 Å². The van der Waals surface area contributed by atoms with E-state index in [1.54, 1.807) is 31.4 Å². The molecule has 0 radical (unpaired) electrons. The zero-order valence-corrected chi connectivity index (χ0v) is 16.4. The zero-order valence-electron chi connectivity index (χ0n) is 16.4. The SMILES string of the molecule is COc1ccc(-c2nc(-c3ccc(C)cc3O)nc(-c3ccc(O)cc3O)n2)cc1. The first-order chi connectivity index (χ1) is 14.4. The molecule has 0 amide bonds. The number of benzene rings is 3. The van der Waals surface area contributed by atoms with Crippen LogP contribution in [0.3, 0.4) is 0 Å². The summed E-state index contributed by atoms with van der Waals surface area (Å²) in [4.78, 5) is 13.5. The molecule has 3 N–H and O–H groups in total. The van der Waals surface area contributed by atoms with Crippen LogP contribution < -0.4 is 4.74 Å². The van der Waals surface area contributed by atoms with Crippen molar-refractivity contribution in [3.8, 4) is 57.2 Å². The Balaban J connectivity index is 1.93. The normalized spacial score (nSPS) is 10.7. The molecule has 7 nitrogen and oxygen atoms in total. The minimum Gasteiger partial charge on any atom is -0.508 e. The van der Waals surface area contributed by atoms with Crippen LogP contribution in [0.2, 0.25) is 0 Å². The van der Waals surface area contributed by atoms with Crippen LogP contribution in [0.25, 0.3) is 34.2 Å². The quantitative estimate of drug-likeness (QED) is 0.468. The maximum Gasteiger partial charge on any atom is 0.167 e. The van der Waals surface area contributed by atoms with Crippen molar-refractivity contribution in [3.63, 3.8) is 0 Å². The van der Waals surface area contributed by atoms with E-state index >= 15 is 0 Å². The molecule has 1 heterocycles. The number of phenols is 3. The van der Waals surface area contributed by atoms with Crippen LogP contribution in [0.1, 0.15) is 5.56 Å². The number of aryl methyl sites for hydroxylation is 1. The highest BCUT2D eigenvalue weighted by atomic mass is 16.5. The van der Waals surface area contributed by atoms with Gasteiger partial charge in [-0.2, -0.15) is 0 Å². The smallest absolute Gasteiger partial charge is 0.167 e. The summed E-state index contributed by atoms with van der Waals surface area (Å²) in [6, 6.07) is 16.6. The molecule has 4 aromatic rings. The molecule has 0 spiro atoms. The number of rotatable bonds is 4.